The smallest absolute Gasteiger partial charge is 0.322 e. The van der Waals surface area contributed by atoms with Crippen LogP contribution in [0.3, 0.4) is 0 Å². The average molecular weight is 219 g/mol. The third kappa shape index (κ3) is 2.59. The van der Waals surface area contributed by atoms with Gasteiger partial charge in [-0.3, -0.25) is 9.59 Å². The van der Waals surface area contributed by atoms with E-state index in [0.29, 0.717) is 11.5 Å². The molecule has 2 N–H and O–H groups in total. The molecule has 0 radical (unpaired) electrons. The van der Waals surface area contributed by atoms with Gasteiger partial charge in [0.25, 0.3) is 5.91 Å². The van der Waals surface area contributed by atoms with Crippen LogP contribution in [0, 0.1) is 0 Å². The minimum Gasteiger partial charge on any atom is -0.480 e. The predicted octanol–water partition coefficient (Wildman–Crippen LogP) is 1.38. The lowest BCUT2D eigenvalue weighted by Crippen LogP contribution is -2.29. The van der Waals surface area contributed by atoms with E-state index in [4.69, 9.17) is 5.11 Å². The molecule has 1 aromatic carbocycles. The van der Waals surface area contributed by atoms with Crippen molar-refractivity contribution >= 4 is 11.9 Å². The molecule has 0 bridgehead atoms. The molecule has 0 aliphatic heterocycles. The minimum absolute atomic E-state index is 0.329. The highest BCUT2D eigenvalue weighted by molar-refractivity contribution is 5.95. The predicted molar refractivity (Wildman–Crippen MR) is 58.4 cm³/mol. The van der Waals surface area contributed by atoms with Crippen molar-refractivity contribution in [1.29, 1.82) is 0 Å². The van der Waals surface area contributed by atoms with Crippen molar-refractivity contribution in [2.45, 2.75) is 18.8 Å². The Hall–Kier alpha value is -1.84. The number of amides is 1. The molecule has 0 heterocycles. The molecule has 1 saturated carbocycles. The van der Waals surface area contributed by atoms with E-state index in [1.165, 1.54) is 18.4 Å². The number of carboxylic acid groups (broad SMARTS) is 1. The van der Waals surface area contributed by atoms with Gasteiger partial charge in [0, 0.05) is 5.56 Å². The van der Waals surface area contributed by atoms with Crippen LogP contribution in [0.5, 0.6) is 0 Å². The quantitative estimate of drug-likeness (QED) is 0.803. The van der Waals surface area contributed by atoms with E-state index in [2.05, 4.69) is 5.32 Å². The Morgan fingerprint density at radius 3 is 2.75 bits per heavy atom. The zero-order valence-corrected chi connectivity index (χ0v) is 8.77. The number of carboxylic acids is 1. The molecule has 16 heavy (non-hydrogen) atoms. The average Bonchev–Trinajstić information content (AvgIpc) is 3.10. The Kier molecular flexibility index (Phi) is 2.90. The molecule has 1 aliphatic rings. The monoisotopic (exact) mass is 219 g/mol. The Balaban J connectivity index is 2.04. The van der Waals surface area contributed by atoms with Crippen molar-refractivity contribution in [3.05, 3.63) is 35.4 Å². The molecular formula is C12H13NO3. The standard InChI is InChI=1S/C12H13NO3/c14-11(15)7-13-12(16)10-3-1-2-9(6-10)8-4-5-8/h1-3,6,8H,4-5,7H2,(H,13,16)(H,14,15). The van der Waals surface area contributed by atoms with Gasteiger partial charge >= 0.3 is 5.97 Å². The zero-order valence-electron chi connectivity index (χ0n) is 8.77. The summed E-state index contributed by atoms with van der Waals surface area (Å²) in [5, 5.41) is 10.8. The molecule has 4 heteroatoms. The highest BCUT2D eigenvalue weighted by Crippen LogP contribution is 2.40. The van der Waals surface area contributed by atoms with Gasteiger partial charge in [0.05, 0.1) is 0 Å². The second-order valence-corrected chi connectivity index (χ2v) is 3.98. The molecule has 4 nitrogen and oxygen atoms in total. The lowest BCUT2D eigenvalue weighted by Gasteiger charge is -2.04. The largest absolute Gasteiger partial charge is 0.480 e. The van der Waals surface area contributed by atoms with Crippen molar-refractivity contribution < 1.29 is 14.7 Å². The number of carbonyl (C=O) groups is 2. The number of hydrogen-bond donors (Lipinski definition) is 2. The fourth-order valence-electron chi connectivity index (χ4n) is 1.61. The van der Waals surface area contributed by atoms with Gasteiger partial charge in [-0.15, -0.1) is 0 Å². The van der Waals surface area contributed by atoms with Crippen LogP contribution in [0.25, 0.3) is 0 Å². The minimum atomic E-state index is -1.04. The zero-order chi connectivity index (χ0) is 11.5. The molecule has 0 spiro atoms. The van der Waals surface area contributed by atoms with Gasteiger partial charge in [-0.05, 0) is 36.5 Å². The molecule has 84 valence electrons. The summed E-state index contributed by atoms with van der Waals surface area (Å²) >= 11 is 0. The van der Waals surface area contributed by atoms with Gasteiger partial charge in [-0.25, -0.2) is 0 Å². The summed E-state index contributed by atoms with van der Waals surface area (Å²) in [6, 6.07) is 7.38. The Morgan fingerprint density at radius 2 is 2.12 bits per heavy atom. The van der Waals surface area contributed by atoms with Crippen LogP contribution in [-0.2, 0) is 4.79 Å². The Bertz CT molecular complexity index is 424. The van der Waals surface area contributed by atoms with Crippen molar-refractivity contribution in [1.82, 2.24) is 5.32 Å². The lowest BCUT2D eigenvalue weighted by molar-refractivity contribution is -0.135. The van der Waals surface area contributed by atoms with Crippen LogP contribution in [0.15, 0.2) is 24.3 Å². The third-order valence-corrected chi connectivity index (χ3v) is 2.60. The number of carbonyl (C=O) groups excluding carboxylic acids is 1. The number of hydrogen-bond acceptors (Lipinski definition) is 2. The van der Waals surface area contributed by atoms with Gasteiger partial charge in [0.1, 0.15) is 6.54 Å². The summed E-state index contributed by atoms with van der Waals surface area (Å²) in [4.78, 5) is 21.9. The summed E-state index contributed by atoms with van der Waals surface area (Å²) in [6.07, 6.45) is 2.36. The summed E-state index contributed by atoms with van der Waals surface area (Å²) in [7, 11) is 0. The molecule has 1 aromatic rings. The number of aliphatic carboxylic acids is 1. The fraction of sp³-hybridized carbons (Fsp3) is 0.333. The lowest BCUT2D eigenvalue weighted by atomic mass is 10.1. The number of nitrogens with one attached hydrogen (secondary N) is 1. The highest BCUT2D eigenvalue weighted by Gasteiger charge is 2.23. The molecule has 1 aliphatic carbocycles. The van der Waals surface area contributed by atoms with Crippen LogP contribution < -0.4 is 5.32 Å². The Labute approximate surface area is 93.3 Å². The molecule has 0 aromatic heterocycles. The first-order valence-electron chi connectivity index (χ1n) is 5.27. The maximum absolute atomic E-state index is 11.6. The molecule has 2 rings (SSSR count). The van der Waals surface area contributed by atoms with E-state index < -0.39 is 5.97 Å². The van der Waals surface area contributed by atoms with Crippen molar-refractivity contribution in [2.24, 2.45) is 0 Å². The third-order valence-electron chi connectivity index (χ3n) is 2.60. The van der Waals surface area contributed by atoms with E-state index >= 15 is 0 Å². The van der Waals surface area contributed by atoms with Crippen molar-refractivity contribution in [3.8, 4) is 0 Å². The summed E-state index contributed by atoms with van der Waals surface area (Å²) in [5.41, 5.74) is 1.70. The highest BCUT2D eigenvalue weighted by atomic mass is 16.4. The first-order chi connectivity index (χ1) is 7.66. The van der Waals surface area contributed by atoms with E-state index in [0.717, 1.165) is 0 Å². The van der Waals surface area contributed by atoms with Crippen LogP contribution >= 0.6 is 0 Å². The van der Waals surface area contributed by atoms with Crippen LogP contribution in [-0.4, -0.2) is 23.5 Å². The molecule has 0 atom stereocenters. The van der Waals surface area contributed by atoms with Gasteiger partial charge in [-0.2, -0.15) is 0 Å². The topological polar surface area (TPSA) is 66.4 Å². The molecule has 1 amide bonds. The maximum Gasteiger partial charge on any atom is 0.322 e. The molecule has 0 unspecified atom stereocenters. The fourth-order valence-corrected chi connectivity index (χ4v) is 1.61. The first-order valence-corrected chi connectivity index (χ1v) is 5.27. The SMILES string of the molecule is O=C(O)CNC(=O)c1cccc(C2CC2)c1. The van der Waals surface area contributed by atoms with E-state index in [9.17, 15) is 9.59 Å². The molecule has 1 fully saturated rings. The van der Waals surface area contributed by atoms with E-state index in [1.807, 2.05) is 18.2 Å². The van der Waals surface area contributed by atoms with Gasteiger partial charge in [0.2, 0.25) is 0 Å². The van der Waals surface area contributed by atoms with Crippen LogP contribution in [0.1, 0.15) is 34.7 Å². The van der Waals surface area contributed by atoms with Gasteiger partial charge in [0.15, 0.2) is 0 Å². The molecular weight excluding hydrogens is 206 g/mol. The maximum atomic E-state index is 11.6. The van der Waals surface area contributed by atoms with E-state index in [1.54, 1.807) is 6.07 Å². The molecule has 0 saturated heterocycles. The second-order valence-electron chi connectivity index (χ2n) is 3.98. The van der Waals surface area contributed by atoms with E-state index in [-0.39, 0.29) is 12.5 Å². The van der Waals surface area contributed by atoms with Crippen molar-refractivity contribution in [2.75, 3.05) is 6.54 Å². The van der Waals surface area contributed by atoms with Crippen molar-refractivity contribution in [3.63, 3.8) is 0 Å². The van der Waals surface area contributed by atoms with Crippen LogP contribution in [0.4, 0.5) is 0 Å². The van der Waals surface area contributed by atoms with Gasteiger partial charge in [-0.1, -0.05) is 12.1 Å². The second kappa shape index (κ2) is 4.35. The summed E-state index contributed by atoms with van der Waals surface area (Å²) in [6.45, 7) is -0.341. The Morgan fingerprint density at radius 1 is 1.38 bits per heavy atom. The number of benzene rings is 1. The summed E-state index contributed by atoms with van der Waals surface area (Å²) in [5.74, 6) is -0.774. The normalized spacial score (nSPS) is 14.5. The first kappa shape index (κ1) is 10.7. The van der Waals surface area contributed by atoms with Gasteiger partial charge < -0.3 is 10.4 Å². The number of rotatable bonds is 4. The summed E-state index contributed by atoms with van der Waals surface area (Å²) < 4.78 is 0. The van der Waals surface area contributed by atoms with Crippen LogP contribution in [0.2, 0.25) is 0 Å².